The Morgan fingerprint density at radius 2 is 1.65 bits per heavy atom. The van der Waals surface area contributed by atoms with Crippen LogP contribution in [0.15, 0.2) is 66.7 Å². The highest BCUT2D eigenvalue weighted by atomic mass is 16.5. The lowest BCUT2D eigenvalue weighted by atomic mass is 9.98. The van der Waals surface area contributed by atoms with Crippen molar-refractivity contribution in [1.82, 2.24) is 5.32 Å². The maximum Gasteiger partial charge on any atom is 0.407 e. The summed E-state index contributed by atoms with van der Waals surface area (Å²) in [4.78, 5) is 23.5. The first kappa shape index (κ1) is 20.2. The molecule has 1 aliphatic rings. The van der Waals surface area contributed by atoms with Crippen LogP contribution < -0.4 is 5.32 Å². The third-order valence-corrected chi connectivity index (χ3v) is 5.29. The number of carbonyl (C=O) groups excluding carboxylic acids is 1. The second kappa shape index (κ2) is 8.76. The third kappa shape index (κ3) is 4.29. The van der Waals surface area contributed by atoms with Gasteiger partial charge in [0.1, 0.15) is 6.61 Å². The van der Waals surface area contributed by atoms with Gasteiger partial charge in [0, 0.05) is 11.5 Å². The number of alkyl carbamates (subject to hydrolysis) is 1. The first-order valence-corrected chi connectivity index (χ1v) is 9.96. The number of carbonyl (C=O) groups is 2. The van der Waals surface area contributed by atoms with Crippen LogP contribution in [0, 0.1) is 18.8 Å². The van der Waals surface area contributed by atoms with Gasteiger partial charge in [0.25, 0.3) is 0 Å². The zero-order chi connectivity index (χ0) is 21.8. The summed E-state index contributed by atoms with van der Waals surface area (Å²) in [7, 11) is 0. The largest absolute Gasteiger partial charge is 0.478 e. The zero-order valence-electron chi connectivity index (χ0n) is 17.0. The summed E-state index contributed by atoms with van der Waals surface area (Å²) in [6.07, 6.45) is -0.557. The average Bonchev–Trinajstić information content (AvgIpc) is 3.09. The smallest absolute Gasteiger partial charge is 0.407 e. The van der Waals surface area contributed by atoms with Crippen LogP contribution in [-0.2, 0) is 4.74 Å². The van der Waals surface area contributed by atoms with Crippen molar-refractivity contribution in [2.75, 3.05) is 13.2 Å². The maximum atomic E-state index is 12.2. The van der Waals surface area contributed by atoms with Gasteiger partial charge in [-0.25, -0.2) is 9.59 Å². The zero-order valence-corrected chi connectivity index (χ0v) is 17.0. The Morgan fingerprint density at radius 3 is 2.29 bits per heavy atom. The molecule has 154 valence electrons. The SMILES string of the molecule is Cc1ccc(C(=O)O)c(C#CCNC(=O)OCC2c3ccccc3-c3ccccc32)c1. The van der Waals surface area contributed by atoms with Crippen molar-refractivity contribution in [1.29, 1.82) is 0 Å². The molecule has 0 aliphatic heterocycles. The highest BCUT2D eigenvalue weighted by molar-refractivity contribution is 5.90. The Morgan fingerprint density at radius 1 is 1.00 bits per heavy atom. The number of carboxylic acids is 1. The maximum absolute atomic E-state index is 12.2. The van der Waals surface area contributed by atoms with Gasteiger partial charge in [0.15, 0.2) is 0 Å². The van der Waals surface area contributed by atoms with E-state index in [2.05, 4.69) is 41.4 Å². The summed E-state index contributed by atoms with van der Waals surface area (Å²) in [6, 6.07) is 21.3. The first-order valence-electron chi connectivity index (χ1n) is 9.96. The van der Waals surface area contributed by atoms with Crippen molar-refractivity contribution in [3.8, 4) is 23.0 Å². The lowest BCUT2D eigenvalue weighted by Gasteiger charge is -2.14. The van der Waals surface area contributed by atoms with Crippen LogP contribution in [0.5, 0.6) is 0 Å². The minimum absolute atomic E-state index is 0.00495. The molecule has 0 fully saturated rings. The molecule has 0 atom stereocenters. The molecule has 3 aromatic rings. The van der Waals surface area contributed by atoms with Gasteiger partial charge in [-0.05, 0) is 46.9 Å². The number of carboxylic acid groups (broad SMARTS) is 1. The molecule has 5 nitrogen and oxygen atoms in total. The van der Waals surface area contributed by atoms with Gasteiger partial charge in [-0.2, -0.15) is 0 Å². The van der Waals surface area contributed by atoms with E-state index in [1.165, 1.54) is 17.2 Å². The lowest BCUT2D eigenvalue weighted by molar-refractivity contribution is 0.0696. The second-order valence-corrected chi connectivity index (χ2v) is 7.34. The average molecular weight is 411 g/mol. The fourth-order valence-corrected chi connectivity index (χ4v) is 3.85. The van der Waals surface area contributed by atoms with Crippen LogP contribution in [-0.4, -0.2) is 30.3 Å². The molecule has 0 radical (unpaired) electrons. The van der Waals surface area contributed by atoms with E-state index in [4.69, 9.17) is 4.74 Å². The molecule has 31 heavy (non-hydrogen) atoms. The van der Waals surface area contributed by atoms with Gasteiger partial charge in [0.05, 0.1) is 12.1 Å². The van der Waals surface area contributed by atoms with Crippen LogP contribution >= 0.6 is 0 Å². The van der Waals surface area contributed by atoms with Gasteiger partial charge in [0.2, 0.25) is 0 Å². The molecule has 3 aromatic carbocycles. The van der Waals surface area contributed by atoms with E-state index in [-0.39, 0.29) is 24.6 Å². The molecule has 0 saturated carbocycles. The molecule has 1 amide bonds. The van der Waals surface area contributed by atoms with Gasteiger partial charge in [-0.15, -0.1) is 0 Å². The van der Waals surface area contributed by atoms with Gasteiger partial charge in [-0.1, -0.05) is 66.4 Å². The number of amides is 1. The lowest BCUT2D eigenvalue weighted by Crippen LogP contribution is -2.26. The molecule has 0 spiro atoms. The second-order valence-electron chi connectivity index (χ2n) is 7.34. The molecule has 0 bridgehead atoms. The number of rotatable bonds is 4. The van der Waals surface area contributed by atoms with Crippen molar-refractivity contribution in [2.45, 2.75) is 12.8 Å². The predicted octanol–water partition coefficient (Wildman–Crippen LogP) is 4.58. The van der Waals surface area contributed by atoms with Crippen LogP contribution in [0.2, 0.25) is 0 Å². The van der Waals surface area contributed by atoms with Crippen LogP contribution in [0.3, 0.4) is 0 Å². The quantitative estimate of drug-likeness (QED) is 0.616. The number of ether oxygens (including phenoxy) is 1. The summed E-state index contributed by atoms with van der Waals surface area (Å²) < 4.78 is 5.46. The summed E-state index contributed by atoms with van der Waals surface area (Å²) in [5, 5.41) is 11.9. The van der Waals surface area contributed by atoms with Gasteiger partial charge >= 0.3 is 12.1 Å². The molecule has 1 aliphatic carbocycles. The van der Waals surface area contributed by atoms with Crippen LogP contribution in [0.4, 0.5) is 4.79 Å². The Bertz CT molecular complexity index is 1170. The Kier molecular flexibility index (Phi) is 5.72. The number of aromatic carboxylic acids is 1. The van der Waals surface area contributed by atoms with E-state index >= 15 is 0 Å². The van der Waals surface area contributed by atoms with Crippen molar-refractivity contribution < 1.29 is 19.4 Å². The summed E-state index contributed by atoms with van der Waals surface area (Å²) in [6.45, 7) is 2.16. The predicted molar refractivity (Wildman–Crippen MR) is 118 cm³/mol. The van der Waals surface area contributed by atoms with E-state index < -0.39 is 12.1 Å². The highest BCUT2D eigenvalue weighted by Gasteiger charge is 2.28. The highest BCUT2D eigenvalue weighted by Crippen LogP contribution is 2.44. The number of aryl methyl sites for hydroxylation is 1. The minimum atomic E-state index is -1.03. The molecule has 0 unspecified atom stereocenters. The Balaban J connectivity index is 1.37. The standard InChI is InChI=1S/C26H21NO4/c1-17-12-13-19(25(28)29)18(15-17)7-6-14-27-26(30)31-16-24-22-10-4-2-8-20(22)21-9-3-5-11-23(21)24/h2-5,8-13,15,24H,14,16H2,1H3,(H,27,30)(H,28,29). The number of fused-ring (bicyclic) bond motifs is 3. The number of hydrogen-bond acceptors (Lipinski definition) is 3. The van der Waals surface area contributed by atoms with Crippen LogP contribution in [0.25, 0.3) is 11.1 Å². The minimum Gasteiger partial charge on any atom is -0.478 e. The first-order chi connectivity index (χ1) is 15.0. The molecule has 4 rings (SSSR count). The van der Waals surface area contributed by atoms with Crippen LogP contribution in [0.1, 0.15) is 38.5 Å². The molecule has 0 saturated heterocycles. The topological polar surface area (TPSA) is 75.6 Å². The Labute approximate surface area is 180 Å². The number of benzene rings is 3. The molecular formula is C26H21NO4. The molecule has 0 heterocycles. The number of hydrogen-bond donors (Lipinski definition) is 2. The van der Waals surface area contributed by atoms with E-state index in [9.17, 15) is 14.7 Å². The summed E-state index contributed by atoms with van der Waals surface area (Å²) in [5.74, 6) is 4.56. The monoisotopic (exact) mass is 411 g/mol. The van der Waals surface area contributed by atoms with Gasteiger partial charge < -0.3 is 15.2 Å². The number of nitrogens with one attached hydrogen (secondary N) is 1. The molecule has 2 N–H and O–H groups in total. The van der Waals surface area contributed by atoms with Crippen molar-refractivity contribution in [3.63, 3.8) is 0 Å². The van der Waals surface area contributed by atoms with Crippen molar-refractivity contribution in [2.24, 2.45) is 0 Å². The summed E-state index contributed by atoms with van der Waals surface area (Å²) >= 11 is 0. The molecule has 5 heteroatoms. The Hall–Kier alpha value is -4.04. The van der Waals surface area contributed by atoms with E-state index in [1.807, 2.05) is 31.2 Å². The van der Waals surface area contributed by atoms with E-state index in [0.29, 0.717) is 5.56 Å². The normalized spacial score (nSPS) is 11.6. The van der Waals surface area contributed by atoms with Gasteiger partial charge in [-0.3, -0.25) is 0 Å². The summed E-state index contributed by atoms with van der Waals surface area (Å²) in [5.41, 5.74) is 6.12. The fraction of sp³-hybridized carbons (Fsp3) is 0.154. The van der Waals surface area contributed by atoms with E-state index in [0.717, 1.165) is 16.7 Å². The van der Waals surface area contributed by atoms with Crippen molar-refractivity contribution >= 4 is 12.1 Å². The van der Waals surface area contributed by atoms with Crippen molar-refractivity contribution in [3.05, 3.63) is 94.5 Å². The molecule has 0 aromatic heterocycles. The molecular weight excluding hydrogens is 390 g/mol. The third-order valence-electron chi connectivity index (χ3n) is 5.29. The van der Waals surface area contributed by atoms with E-state index in [1.54, 1.807) is 12.1 Å². The fourth-order valence-electron chi connectivity index (χ4n) is 3.85.